The lowest BCUT2D eigenvalue weighted by Gasteiger charge is -2.12. The summed E-state index contributed by atoms with van der Waals surface area (Å²) >= 11 is 0. The van der Waals surface area contributed by atoms with Crippen molar-refractivity contribution in [2.24, 2.45) is 0 Å². The number of anilines is 2. The van der Waals surface area contributed by atoms with Gasteiger partial charge in [-0.1, -0.05) is 12.1 Å². The van der Waals surface area contributed by atoms with Crippen molar-refractivity contribution in [2.75, 3.05) is 30.9 Å². The molecule has 0 aliphatic carbocycles. The summed E-state index contributed by atoms with van der Waals surface area (Å²) in [5, 5.41) is 8.07. The monoisotopic (exact) mass is 357 g/mol. The van der Waals surface area contributed by atoms with E-state index < -0.39 is 0 Å². The van der Waals surface area contributed by atoms with E-state index >= 15 is 0 Å². The smallest absolute Gasteiger partial charge is 0.319 e. The Morgan fingerprint density at radius 2 is 1.73 bits per heavy atom. The molecule has 0 aromatic heterocycles. The molecule has 0 atom stereocenters. The zero-order valence-corrected chi connectivity index (χ0v) is 15.1. The van der Waals surface area contributed by atoms with Crippen LogP contribution in [0.4, 0.5) is 16.2 Å². The van der Waals surface area contributed by atoms with Crippen LogP contribution in [-0.2, 0) is 4.79 Å². The minimum absolute atomic E-state index is 0.171. The molecule has 7 heteroatoms. The molecule has 0 saturated heterocycles. The van der Waals surface area contributed by atoms with Crippen molar-refractivity contribution in [3.63, 3.8) is 0 Å². The molecule has 2 rings (SSSR count). The van der Waals surface area contributed by atoms with E-state index in [4.69, 9.17) is 9.47 Å². The SMILES string of the molecule is COc1cc(C)ccc1OCCNC(=O)Nc1cccc(NC(C)=O)c1. The number of hydrogen-bond acceptors (Lipinski definition) is 4. The van der Waals surface area contributed by atoms with Gasteiger partial charge in [0.05, 0.1) is 13.7 Å². The van der Waals surface area contributed by atoms with E-state index in [0.717, 1.165) is 5.56 Å². The Morgan fingerprint density at radius 1 is 1.00 bits per heavy atom. The van der Waals surface area contributed by atoms with Gasteiger partial charge in [0.25, 0.3) is 0 Å². The molecule has 2 aromatic rings. The van der Waals surface area contributed by atoms with Crippen LogP contribution < -0.4 is 25.4 Å². The average molecular weight is 357 g/mol. The largest absolute Gasteiger partial charge is 0.493 e. The minimum atomic E-state index is -0.357. The predicted molar refractivity (Wildman–Crippen MR) is 101 cm³/mol. The zero-order valence-electron chi connectivity index (χ0n) is 15.1. The maximum absolute atomic E-state index is 11.9. The van der Waals surface area contributed by atoms with Gasteiger partial charge in [0.2, 0.25) is 5.91 Å². The summed E-state index contributed by atoms with van der Waals surface area (Å²) in [6.07, 6.45) is 0. The molecule has 3 amide bonds. The van der Waals surface area contributed by atoms with E-state index in [1.165, 1.54) is 6.92 Å². The Kier molecular flexibility index (Phi) is 6.84. The van der Waals surface area contributed by atoms with Gasteiger partial charge in [-0.15, -0.1) is 0 Å². The second-order valence-electron chi connectivity index (χ2n) is 5.65. The molecular weight excluding hydrogens is 334 g/mol. The molecule has 0 aliphatic heterocycles. The van der Waals surface area contributed by atoms with Gasteiger partial charge in [-0.05, 0) is 42.8 Å². The number of aryl methyl sites for hydroxylation is 1. The summed E-state index contributed by atoms with van der Waals surface area (Å²) in [6, 6.07) is 12.2. The van der Waals surface area contributed by atoms with Crippen molar-refractivity contribution in [3.8, 4) is 11.5 Å². The highest BCUT2D eigenvalue weighted by molar-refractivity contribution is 5.92. The standard InChI is InChI=1S/C19H23N3O4/c1-13-7-8-17(18(11-13)25-3)26-10-9-20-19(24)22-16-6-4-5-15(12-16)21-14(2)23/h4-8,11-12H,9-10H2,1-3H3,(H,21,23)(H2,20,22,24). The van der Waals surface area contributed by atoms with Crippen molar-refractivity contribution in [1.82, 2.24) is 5.32 Å². The number of benzene rings is 2. The molecule has 3 N–H and O–H groups in total. The third-order valence-corrected chi connectivity index (χ3v) is 3.41. The van der Waals surface area contributed by atoms with E-state index in [-0.39, 0.29) is 11.9 Å². The summed E-state index contributed by atoms with van der Waals surface area (Å²) in [5.41, 5.74) is 2.27. The molecule has 0 saturated carbocycles. The first-order valence-corrected chi connectivity index (χ1v) is 8.18. The highest BCUT2D eigenvalue weighted by Gasteiger charge is 2.06. The highest BCUT2D eigenvalue weighted by Crippen LogP contribution is 2.27. The van der Waals surface area contributed by atoms with Gasteiger partial charge in [-0.3, -0.25) is 4.79 Å². The van der Waals surface area contributed by atoms with Gasteiger partial charge in [0.15, 0.2) is 11.5 Å². The third-order valence-electron chi connectivity index (χ3n) is 3.41. The van der Waals surface area contributed by atoms with Crippen LogP contribution in [0.5, 0.6) is 11.5 Å². The molecule has 0 spiro atoms. The van der Waals surface area contributed by atoms with Gasteiger partial charge in [0, 0.05) is 18.3 Å². The van der Waals surface area contributed by atoms with Crippen LogP contribution in [0.3, 0.4) is 0 Å². The minimum Gasteiger partial charge on any atom is -0.493 e. The Labute approximate surface area is 152 Å². The molecule has 0 aliphatic rings. The van der Waals surface area contributed by atoms with Crippen molar-refractivity contribution >= 4 is 23.3 Å². The van der Waals surface area contributed by atoms with Gasteiger partial charge in [0.1, 0.15) is 6.61 Å². The van der Waals surface area contributed by atoms with Crippen molar-refractivity contribution in [3.05, 3.63) is 48.0 Å². The molecule has 7 nitrogen and oxygen atoms in total. The molecule has 0 unspecified atom stereocenters. The van der Waals surface area contributed by atoms with Crippen LogP contribution in [0.2, 0.25) is 0 Å². The van der Waals surface area contributed by atoms with Crippen LogP contribution in [-0.4, -0.2) is 32.2 Å². The maximum atomic E-state index is 11.9. The number of rotatable bonds is 7. The van der Waals surface area contributed by atoms with Gasteiger partial charge >= 0.3 is 6.03 Å². The van der Waals surface area contributed by atoms with Crippen LogP contribution in [0, 0.1) is 6.92 Å². The van der Waals surface area contributed by atoms with E-state index in [0.29, 0.717) is 36.0 Å². The van der Waals surface area contributed by atoms with Crippen molar-refractivity contribution in [2.45, 2.75) is 13.8 Å². The Bertz CT molecular complexity index is 777. The second kappa shape index (κ2) is 9.31. The van der Waals surface area contributed by atoms with E-state index in [2.05, 4.69) is 16.0 Å². The lowest BCUT2D eigenvalue weighted by atomic mass is 10.2. The molecular formula is C19H23N3O4. The molecule has 26 heavy (non-hydrogen) atoms. The van der Waals surface area contributed by atoms with Crippen LogP contribution >= 0.6 is 0 Å². The Hall–Kier alpha value is -3.22. The fraction of sp³-hybridized carbons (Fsp3) is 0.263. The molecule has 2 aromatic carbocycles. The topological polar surface area (TPSA) is 88.7 Å². The first-order valence-electron chi connectivity index (χ1n) is 8.18. The zero-order chi connectivity index (χ0) is 18.9. The Morgan fingerprint density at radius 3 is 2.42 bits per heavy atom. The van der Waals surface area contributed by atoms with E-state index in [1.807, 2.05) is 25.1 Å². The maximum Gasteiger partial charge on any atom is 0.319 e. The van der Waals surface area contributed by atoms with Crippen LogP contribution in [0.25, 0.3) is 0 Å². The summed E-state index contributed by atoms with van der Waals surface area (Å²) in [7, 11) is 1.59. The first kappa shape index (κ1) is 19.1. The lowest BCUT2D eigenvalue weighted by molar-refractivity contribution is -0.114. The molecule has 0 fully saturated rings. The summed E-state index contributed by atoms with van der Waals surface area (Å²) < 4.78 is 10.9. The summed E-state index contributed by atoms with van der Waals surface area (Å²) in [5.74, 6) is 1.11. The molecule has 0 heterocycles. The van der Waals surface area contributed by atoms with Crippen molar-refractivity contribution < 1.29 is 19.1 Å². The van der Waals surface area contributed by atoms with Crippen LogP contribution in [0.15, 0.2) is 42.5 Å². The number of nitrogens with one attached hydrogen (secondary N) is 3. The third kappa shape index (κ3) is 6.01. The summed E-state index contributed by atoms with van der Waals surface area (Å²) in [6.45, 7) is 4.03. The average Bonchev–Trinajstić information content (AvgIpc) is 2.59. The van der Waals surface area contributed by atoms with Gasteiger partial charge in [-0.25, -0.2) is 4.79 Å². The number of urea groups is 1. The number of carbonyl (C=O) groups excluding carboxylic acids is 2. The number of methoxy groups -OCH3 is 1. The number of hydrogen-bond donors (Lipinski definition) is 3. The van der Waals surface area contributed by atoms with Gasteiger partial charge in [-0.2, -0.15) is 0 Å². The number of carbonyl (C=O) groups is 2. The van der Waals surface area contributed by atoms with E-state index in [9.17, 15) is 9.59 Å². The second-order valence-corrected chi connectivity index (χ2v) is 5.65. The fourth-order valence-corrected chi connectivity index (χ4v) is 2.27. The lowest BCUT2D eigenvalue weighted by Crippen LogP contribution is -2.32. The molecule has 0 bridgehead atoms. The molecule has 138 valence electrons. The van der Waals surface area contributed by atoms with Crippen molar-refractivity contribution in [1.29, 1.82) is 0 Å². The fourth-order valence-electron chi connectivity index (χ4n) is 2.27. The normalized spacial score (nSPS) is 9.96. The quantitative estimate of drug-likeness (QED) is 0.664. The number of amides is 3. The summed E-state index contributed by atoms with van der Waals surface area (Å²) in [4.78, 5) is 23.0. The first-order chi connectivity index (χ1) is 12.5. The molecule has 0 radical (unpaired) electrons. The highest BCUT2D eigenvalue weighted by atomic mass is 16.5. The number of ether oxygens (including phenoxy) is 2. The van der Waals surface area contributed by atoms with E-state index in [1.54, 1.807) is 31.4 Å². The predicted octanol–water partition coefficient (Wildman–Crippen LogP) is 3.16. The van der Waals surface area contributed by atoms with Gasteiger partial charge < -0.3 is 25.4 Å². The Balaban J connectivity index is 1.78. The van der Waals surface area contributed by atoms with Crippen LogP contribution in [0.1, 0.15) is 12.5 Å².